The first-order valence-corrected chi connectivity index (χ1v) is 4.21. The number of nitrogens with one attached hydrogen (secondary N) is 1. The van der Waals surface area contributed by atoms with Crippen molar-refractivity contribution < 1.29 is 9.80 Å². The third-order valence-corrected chi connectivity index (χ3v) is 2.54. The van der Waals surface area contributed by atoms with E-state index in [-0.39, 0.29) is 12.1 Å². The van der Waals surface area contributed by atoms with Crippen molar-refractivity contribution in [2.75, 3.05) is 7.11 Å². The lowest BCUT2D eigenvalue weighted by molar-refractivity contribution is -0.904. The molecule has 66 valence electrons. The molecule has 1 aliphatic heterocycles. The summed E-state index contributed by atoms with van der Waals surface area (Å²) < 4.78 is 5.23. The zero-order valence-corrected chi connectivity index (χ0v) is 7.46. The molecule has 0 bridgehead atoms. The molecular formula is C8H17NO2. The molecule has 0 aromatic rings. The Balaban J connectivity index is 2.47. The van der Waals surface area contributed by atoms with Gasteiger partial charge in [-0.25, -0.2) is 0 Å². The van der Waals surface area contributed by atoms with E-state index in [1.54, 1.807) is 7.11 Å². The average molecular weight is 159 g/mol. The van der Waals surface area contributed by atoms with Crippen LogP contribution in [-0.4, -0.2) is 25.3 Å². The summed E-state index contributed by atoms with van der Waals surface area (Å²) >= 11 is 0. The lowest BCUT2D eigenvalue weighted by Crippen LogP contribution is -3.15. The van der Waals surface area contributed by atoms with Crippen LogP contribution in [0.2, 0.25) is 0 Å². The molecular weight excluding hydrogens is 142 g/mol. The van der Waals surface area contributed by atoms with E-state index in [2.05, 4.69) is 0 Å². The maximum absolute atomic E-state index is 11.3. The van der Waals surface area contributed by atoms with Crippen LogP contribution in [0.4, 0.5) is 0 Å². The minimum atomic E-state index is 0.198. The molecule has 3 nitrogen and oxygen atoms in total. The topological polar surface area (TPSA) is 36.7 Å². The van der Waals surface area contributed by atoms with Gasteiger partial charge in [-0.05, 0) is 13.8 Å². The number of piperidine rings is 1. The summed E-state index contributed by atoms with van der Waals surface area (Å²) in [5, 5.41) is 11.7. The first-order valence-electron chi connectivity index (χ1n) is 4.21. The largest absolute Gasteiger partial charge is 0.634 e. The normalized spacial score (nSPS) is 45.8. The molecule has 0 spiro atoms. The van der Waals surface area contributed by atoms with Crippen LogP contribution in [-0.2, 0) is 4.74 Å². The summed E-state index contributed by atoms with van der Waals surface area (Å²) in [5.74, 6) is 0. The standard InChI is InChI=1S/C8H17NO2/c1-6-4-8(11-3)5-7(2)9(6)10/h6-9H,4-5H2,1-3H3. The van der Waals surface area contributed by atoms with Gasteiger partial charge in [-0.1, -0.05) is 0 Å². The second kappa shape index (κ2) is 3.52. The van der Waals surface area contributed by atoms with Crippen molar-refractivity contribution in [2.24, 2.45) is 0 Å². The van der Waals surface area contributed by atoms with Gasteiger partial charge in [0.2, 0.25) is 0 Å². The second-order valence-electron chi connectivity index (χ2n) is 3.53. The Morgan fingerprint density at radius 3 is 2.09 bits per heavy atom. The molecule has 0 aromatic heterocycles. The van der Waals surface area contributed by atoms with Crippen LogP contribution >= 0.6 is 0 Å². The van der Waals surface area contributed by atoms with Gasteiger partial charge in [-0.2, -0.15) is 0 Å². The first kappa shape index (κ1) is 8.97. The Kier molecular flexibility index (Phi) is 2.87. The van der Waals surface area contributed by atoms with E-state index in [9.17, 15) is 5.21 Å². The van der Waals surface area contributed by atoms with E-state index in [4.69, 9.17) is 4.74 Å². The molecule has 2 unspecified atom stereocenters. The number of ether oxygens (including phenoxy) is 1. The monoisotopic (exact) mass is 159 g/mol. The fraction of sp³-hybridized carbons (Fsp3) is 1.00. The van der Waals surface area contributed by atoms with Crippen LogP contribution in [0.25, 0.3) is 0 Å². The lowest BCUT2D eigenvalue weighted by Gasteiger charge is -2.41. The first-order chi connectivity index (χ1) is 5.15. The van der Waals surface area contributed by atoms with Crippen molar-refractivity contribution in [2.45, 2.75) is 44.9 Å². The van der Waals surface area contributed by atoms with E-state index in [0.717, 1.165) is 12.8 Å². The van der Waals surface area contributed by atoms with Crippen molar-refractivity contribution in [1.29, 1.82) is 0 Å². The van der Waals surface area contributed by atoms with Crippen LogP contribution < -0.4 is 5.06 Å². The van der Waals surface area contributed by atoms with Gasteiger partial charge in [0, 0.05) is 20.0 Å². The Morgan fingerprint density at radius 1 is 1.27 bits per heavy atom. The van der Waals surface area contributed by atoms with Crippen molar-refractivity contribution in [3.63, 3.8) is 0 Å². The molecule has 2 atom stereocenters. The van der Waals surface area contributed by atoms with Gasteiger partial charge in [-0.3, -0.25) is 0 Å². The third kappa shape index (κ3) is 1.92. The minimum Gasteiger partial charge on any atom is -0.634 e. The summed E-state index contributed by atoms with van der Waals surface area (Å²) in [4.78, 5) is 0. The van der Waals surface area contributed by atoms with Crippen LogP contribution in [0, 0.1) is 5.21 Å². The van der Waals surface area contributed by atoms with Gasteiger partial charge >= 0.3 is 0 Å². The van der Waals surface area contributed by atoms with E-state index in [1.807, 2.05) is 13.8 Å². The van der Waals surface area contributed by atoms with E-state index in [0.29, 0.717) is 11.2 Å². The molecule has 1 fully saturated rings. The SMILES string of the molecule is COC1CC(C)[NH+]([O-])C(C)C1. The Morgan fingerprint density at radius 2 is 1.73 bits per heavy atom. The maximum Gasteiger partial charge on any atom is 0.0870 e. The number of quaternary nitrogens is 1. The van der Waals surface area contributed by atoms with Gasteiger partial charge in [0.1, 0.15) is 0 Å². The molecule has 1 rings (SSSR count). The molecule has 1 heterocycles. The zero-order valence-electron chi connectivity index (χ0n) is 7.46. The predicted octanol–water partition coefficient (Wildman–Crippen LogP) is -0.0451. The summed E-state index contributed by atoms with van der Waals surface area (Å²) in [6.45, 7) is 3.98. The van der Waals surface area contributed by atoms with E-state index < -0.39 is 0 Å². The van der Waals surface area contributed by atoms with Crippen molar-refractivity contribution in [1.82, 2.24) is 0 Å². The Labute approximate surface area is 67.9 Å². The summed E-state index contributed by atoms with van der Waals surface area (Å²) in [6.07, 6.45) is 2.11. The molecule has 11 heavy (non-hydrogen) atoms. The van der Waals surface area contributed by atoms with Crippen LogP contribution in [0.1, 0.15) is 26.7 Å². The Hall–Kier alpha value is -0.120. The molecule has 0 aliphatic carbocycles. The summed E-state index contributed by atoms with van der Waals surface area (Å²) in [6, 6.07) is 0.396. The summed E-state index contributed by atoms with van der Waals surface area (Å²) in [7, 11) is 1.72. The van der Waals surface area contributed by atoms with Gasteiger partial charge < -0.3 is 15.0 Å². The number of hydrogen-bond acceptors (Lipinski definition) is 2. The van der Waals surface area contributed by atoms with Gasteiger partial charge in [-0.15, -0.1) is 0 Å². The number of hydrogen-bond donors (Lipinski definition) is 1. The number of hydroxylamine groups is 2. The predicted molar refractivity (Wildman–Crippen MR) is 43.3 cm³/mol. The van der Waals surface area contributed by atoms with Crippen molar-refractivity contribution in [3.05, 3.63) is 5.21 Å². The zero-order chi connectivity index (χ0) is 8.43. The second-order valence-corrected chi connectivity index (χ2v) is 3.53. The van der Waals surface area contributed by atoms with Crippen LogP contribution in [0.15, 0.2) is 0 Å². The van der Waals surface area contributed by atoms with Gasteiger partial charge in [0.25, 0.3) is 0 Å². The van der Waals surface area contributed by atoms with Gasteiger partial charge in [0.15, 0.2) is 0 Å². The summed E-state index contributed by atoms with van der Waals surface area (Å²) in [5.41, 5.74) is 0. The highest BCUT2D eigenvalue weighted by atomic mass is 16.5. The molecule has 1 saturated heterocycles. The molecule has 3 heteroatoms. The van der Waals surface area contributed by atoms with Crippen molar-refractivity contribution >= 4 is 0 Å². The van der Waals surface area contributed by atoms with Gasteiger partial charge in [0.05, 0.1) is 18.2 Å². The molecule has 1 aliphatic rings. The quantitative estimate of drug-likeness (QED) is 0.545. The molecule has 0 aromatic carbocycles. The molecule has 0 saturated carbocycles. The number of rotatable bonds is 1. The highest BCUT2D eigenvalue weighted by Crippen LogP contribution is 2.11. The molecule has 0 amide bonds. The molecule has 1 N–H and O–H groups in total. The van der Waals surface area contributed by atoms with Crippen molar-refractivity contribution in [3.8, 4) is 0 Å². The highest BCUT2D eigenvalue weighted by molar-refractivity contribution is 4.71. The van der Waals surface area contributed by atoms with E-state index in [1.165, 1.54) is 0 Å². The van der Waals surface area contributed by atoms with E-state index >= 15 is 0 Å². The number of methoxy groups -OCH3 is 1. The average Bonchev–Trinajstić information content (AvgIpc) is 1.99. The third-order valence-electron chi connectivity index (χ3n) is 2.54. The smallest absolute Gasteiger partial charge is 0.0870 e. The highest BCUT2D eigenvalue weighted by Gasteiger charge is 2.29. The Bertz CT molecular complexity index is 117. The van der Waals surface area contributed by atoms with Crippen LogP contribution in [0.5, 0.6) is 0 Å². The minimum absolute atomic E-state index is 0.198. The fourth-order valence-electron chi connectivity index (χ4n) is 1.80. The molecule has 0 radical (unpaired) electrons. The lowest BCUT2D eigenvalue weighted by atomic mass is 9.97. The van der Waals surface area contributed by atoms with Crippen LogP contribution in [0.3, 0.4) is 0 Å². The fourth-order valence-corrected chi connectivity index (χ4v) is 1.80. The maximum atomic E-state index is 11.3.